The molecule has 0 spiro atoms. The Labute approximate surface area is 117 Å². The maximum absolute atomic E-state index is 12.0. The molecule has 1 amide bonds. The van der Waals surface area contributed by atoms with Crippen molar-refractivity contribution in [3.63, 3.8) is 0 Å². The molecule has 0 radical (unpaired) electrons. The number of likely N-dealkylation sites (N-methyl/N-ethyl adjacent to an activating group) is 1. The maximum atomic E-state index is 12.0. The molecule has 106 valence electrons. The van der Waals surface area contributed by atoms with Crippen LogP contribution >= 0.6 is 0 Å². The fourth-order valence-corrected chi connectivity index (χ4v) is 2.21. The highest BCUT2D eigenvalue weighted by Gasteiger charge is 2.25. The van der Waals surface area contributed by atoms with Gasteiger partial charge in [-0.1, -0.05) is 18.2 Å². The highest BCUT2D eigenvalue weighted by Crippen LogP contribution is 2.20. The van der Waals surface area contributed by atoms with E-state index in [4.69, 9.17) is 4.74 Å². The van der Waals surface area contributed by atoms with Crippen LogP contribution in [0, 0.1) is 0 Å². The first-order valence-corrected chi connectivity index (χ1v) is 6.56. The lowest BCUT2D eigenvalue weighted by molar-refractivity contribution is -0.151. The molecule has 1 unspecified atom stereocenters. The van der Waals surface area contributed by atoms with Gasteiger partial charge in [0.1, 0.15) is 6.04 Å². The standard InChI is InChI=1S/C15H18N2O3/c1-3-20-15(19)14(17(2)10-18)8-11-9-16-13-7-5-4-6-12(11)13/h4-7,9-10,14,16H,3,8H2,1-2H3. The van der Waals surface area contributed by atoms with E-state index < -0.39 is 6.04 Å². The zero-order chi connectivity index (χ0) is 14.5. The quantitative estimate of drug-likeness (QED) is 0.644. The van der Waals surface area contributed by atoms with E-state index in [1.165, 1.54) is 4.90 Å². The molecular weight excluding hydrogens is 256 g/mol. The Balaban J connectivity index is 2.27. The van der Waals surface area contributed by atoms with Crippen molar-refractivity contribution >= 4 is 23.3 Å². The van der Waals surface area contributed by atoms with Crippen LogP contribution in [0.5, 0.6) is 0 Å². The fraction of sp³-hybridized carbons (Fsp3) is 0.333. The van der Waals surface area contributed by atoms with Crippen LogP contribution < -0.4 is 0 Å². The first-order valence-electron chi connectivity index (χ1n) is 6.56. The topological polar surface area (TPSA) is 62.4 Å². The second-order valence-electron chi connectivity index (χ2n) is 4.60. The minimum absolute atomic E-state index is 0.302. The number of ether oxygens (including phenoxy) is 1. The van der Waals surface area contributed by atoms with Crippen LogP contribution in [0.3, 0.4) is 0 Å². The van der Waals surface area contributed by atoms with Gasteiger partial charge in [-0.3, -0.25) is 4.79 Å². The second-order valence-corrected chi connectivity index (χ2v) is 4.60. The summed E-state index contributed by atoms with van der Waals surface area (Å²) in [4.78, 5) is 27.4. The SMILES string of the molecule is CCOC(=O)C(Cc1c[nH]c2ccccc12)N(C)C=O. The third-order valence-electron chi connectivity index (χ3n) is 3.30. The maximum Gasteiger partial charge on any atom is 0.329 e. The van der Waals surface area contributed by atoms with Crippen molar-refractivity contribution in [3.8, 4) is 0 Å². The van der Waals surface area contributed by atoms with Gasteiger partial charge in [0.05, 0.1) is 6.61 Å². The molecule has 1 N–H and O–H groups in total. The average molecular weight is 274 g/mol. The fourth-order valence-electron chi connectivity index (χ4n) is 2.21. The van der Waals surface area contributed by atoms with E-state index in [2.05, 4.69) is 4.98 Å². The number of nitrogens with zero attached hydrogens (tertiary/aromatic N) is 1. The summed E-state index contributed by atoms with van der Waals surface area (Å²) >= 11 is 0. The Kier molecular flexibility index (Phi) is 4.40. The first-order chi connectivity index (χ1) is 9.67. The molecule has 0 fully saturated rings. The van der Waals surface area contributed by atoms with Crippen LogP contribution in [-0.2, 0) is 20.7 Å². The van der Waals surface area contributed by atoms with Crippen LogP contribution in [0.2, 0.25) is 0 Å². The molecule has 1 heterocycles. The number of carbonyl (C=O) groups is 2. The van der Waals surface area contributed by atoms with Crippen LogP contribution in [-0.4, -0.2) is 42.0 Å². The van der Waals surface area contributed by atoms with E-state index in [1.807, 2.05) is 30.5 Å². The van der Waals surface area contributed by atoms with Gasteiger partial charge in [0.25, 0.3) is 0 Å². The zero-order valence-corrected chi connectivity index (χ0v) is 11.6. The average Bonchev–Trinajstić information content (AvgIpc) is 2.87. The monoisotopic (exact) mass is 274 g/mol. The number of para-hydroxylation sites is 1. The second kappa shape index (κ2) is 6.23. The number of rotatable bonds is 6. The molecule has 5 heteroatoms. The van der Waals surface area contributed by atoms with Crippen molar-refractivity contribution in [1.29, 1.82) is 0 Å². The van der Waals surface area contributed by atoms with Gasteiger partial charge in [0.15, 0.2) is 0 Å². The molecule has 0 aliphatic carbocycles. The van der Waals surface area contributed by atoms with Gasteiger partial charge >= 0.3 is 5.97 Å². The Morgan fingerprint density at radius 3 is 2.90 bits per heavy atom. The Morgan fingerprint density at radius 1 is 1.45 bits per heavy atom. The van der Waals surface area contributed by atoms with E-state index in [1.54, 1.807) is 14.0 Å². The minimum atomic E-state index is -0.605. The van der Waals surface area contributed by atoms with Crippen LogP contribution in [0.4, 0.5) is 0 Å². The predicted octanol–water partition coefficient (Wildman–Crippen LogP) is 1.73. The molecule has 5 nitrogen and oxygen atoms in total. The molecule has 1 atom stereocenters. The lowest BCUT2D eigenvalue weighted by Gasteiger charge is -2.22. The normalized spacial score (nSPS) is 12.1. The summed E-state index contributed by atoms with van der Waals surface area (Å²) in [7, 11) is 1.59. The zero-order valence-electron chi connectivity index (χ0n) is 11.6. The number of amides is 1. The number of hydrogen-bond acceptors (Lipinski definition) is 3. The summed E-state index contributed by atoms with van der Waals surface area (Å²) in [5, 5.41) is 1.06. The number of nitrogens with one attached hydrogen (secondary N) is 1. The Bertz CT molecular complexity index is 606. The molecule has 0 bridgehead atoms. The largest absolute Gasteiger partial charge is 0.464 e. The minimum Gasteiger partial charge on any atom is -0.464 e. The summed E-state index contributed by atoms with van der Waals surface area (Å²) in [6.07, 6.45) is 2.95. The molecule has 20 heavy (non-hydrogen) atoms. The molecule has 0 saturated heterocycles. The van der Waals surface area contributed by atoms with Gasteiger partial charge in [-0.05, 0) is 18.6 Å². The van der Waals surface area contributed by atoms with Crippen molar-refractivity contribution in [2.45, 2.75) is 19.4 Å². The molecule has 2 aromatic rings. The van der Waals surface area contributed by atoms with E-state index >= 15 is 0 Å². The van der Waals surface area contributed by atoms with Crippen LogP contribution in [0.1, 0.15) is 12.5 Å². The molecule has 1 aromatic heterocycles. The van der Waals surface area contributed by atoms with E-state index in [-0.39, 0.29) is 5.97 Å². The van der Waals surface area contributed by atoms with Gasteiger partial charge in [0, 0.05) is 30.6 Å². The lowest BCUT2D eigenvalue weighted by atomic mass is 10.0. The van der Waals surface area contributed by atoms with Crippen molar-refractivity contribution in [1.82, 2.24) is 9.88 Å². The number of hydrogen-bond donors (Lipinski definition) is 1. The van der Waals surface area contributed by atoms with Crippen molar-refractivity contribution in [2.24, 2.45) is 0 Å². The lowest BCUT2D eigenvalue weighted by Crippen LogP contribution is -2.40. The number of benzene rings is 1. The summed E-state index contributed by atoms with van der Waals surface area (Å²) in [6, 6.07) is 7.25. The molecule has 1 aromatic carbocycles. The molecular formula is C15H18N2O3. The summed E-state index contributed by atoms with van der Waals surface area (Å²) in [5.41, 5.74) is 2.01. The number of aromatic nitrogens is 1. The van der Waals surface area contributed by atoms with Gasteiger partial charge < -0.3 is 14.6 Å². The van der Waals surface area contributed by atoms with E-state index in [0.717, 1.165) is 16.5 Å². The summed E-state index contributed by atoms with van der Waals surface area (Å²) in [6.45, 7) is 2.05. The van der Waals surface area contributed by atoms with Crippen molar-refractivity contribution in [2.75, 3.05) is 13.7 Å². The Hall–Kier alpha value is -2.30. The number of carbonyl (C=O) groups excluding carboxylic acids is 2. The molecule has 0 aliphatic heterocycles. The molecule has 0 saturated carbocycles. The Morgan fingerprint density at radius 2 is 2.20 bits per heavy atom. The highest BCUT2D eigenvalue weighted by atomic mass is 16.5. The third-order valence-corrected chi connectivity index (χ3v) is 3.30. The number of H-pyrrole nitrogens is 1. The molecule has 2 rings (SSSR count). The van der Waals surface area contributed by atoms with E-state index in [9.17, 15) is 9.59 Å². The number of esters is 1. The number of fused-ring (bicyclic) bond motifs is 1. The smallest absolute Gasteiger partial charge is 0.329 e. The first kappa shape index (κ1) is 14.1. The van der Waals surface area contributed by atoms with Gasteiger partial charge in [-0.2, -0.15) is 0 Å². The van der Waals surface area contributed by atoms with Crippen molar-refractivity contribution < 1.29 is 14.3 Å². The van der Waals surface area contributed by atoms with Gasteiger partial charge in [-0.15, -0.1) is 0 Å². The van der Waals surface area contributed by atoms with Gasteiger partial charge in [-0.25, -0.2) is 4.79 Å². The third kappa shape index (κ3) is 2.82. The van der Waals surface area contributed by atoms with Crippen LogP contribution in [0.25, 0.3) is 10.9 Å². The molecule has 0 aliphatic rings. The predicted molar refractivity (Wildman–Crippen MR) is 76.3 cm³/mol. The number of aromatic amines is 1. The van der Waals surface area contributed by atoms with Crippen molar-refractivity contribution in [3.05, 3.63) is 36.0 Å². The summed E-state index contributed by atoms with van der Waals surface area (Å²) in [5.74, 6) is -0.382. The van der Waals surface area contributed by atoms with Crippen LogP contribution in [0.15, 0.2) is 30.5 Å². The highest BCUT2D eigenvalue weighted by molar-refractivity contribution is 5.85. The summed E-state index contributed by atoms with van der Waals surface area (Å²) < 4.78 is 5.04. The van der Waals surface area contributed by atoms with Gasteiger partial charge in [0.2, 0.25) is 6.41 Å². The van der Waals surface area contributed by atoms with E-state index in [0.29, 0.717) is 19.4 Å².